The number of sulfonamides is 1. The van der Waals surface area contributed by atoms with Crippen LogP contribution in [0, 0.1) is 0 Å². The minimum absolute atomic E-state index is 0.0993. The van der Waals surface area contributed by atoms with Crippen LogP contribution in [-0.4, -0.2) is 59.5 Å². The molecule has 1 heterocycles. The van der Waals surface area contributed by atoms with Crippen molar-refractivity contribution >= 4 is 15.7 Å². The number of benzene rings is 2. The van der Waals surface area contributed by atoms with E-state index in [0.29, 0.717) is 30.3 Å². The van der Waals surface area contributed by atoms with Gasteiger partial charge in [0.15, 0.2) is 11.5 Å². The molecule has 1 aliphatic heterocycles. The zero-order chi connectivity index (χ0) is 21.9. The van der Waals surface area contributed by atoms with Crippen LogP contribution in [0.3, 0.4) is 0 Å². The predicted octanol–water partition coefficient (Wildman–Crippen LogP) is 3.11. The number of anilines is 1. The Morgan fingerprint density at radius 2 is 1.47 bits per heavy atom. The largest absolute Gasteiger partial charge is 0.573 e. The molecule has 1 fully saturated rings. The highest BCUT2D eigenvalue weighted by atomic mass is 32.2. The number of nitrogens with zero attached hydrogens (tertiary/aromatic N) is 2. The molecule has 2 aromatic carbocycles. The van der Waals surface area contributed by atoms with Crippen molar-refractivity contribution in [1.29, 1.82) is 0 Å². The topological polar surface area (TPSA) is 68.3 Å². The highest BCUT2D eigenvalue weighted by Gasteiger charge is 2.32. The molecule has 7 nitrogen and oxygen atoms in total. The van der Waals surface area contributed by atoms with Gasteiger partial charge < -0.3 is 19.1 Å². The van der Waals surface area contributed by atoms with E-state index in [-0.39, 0.29) is 23.7 Å². The molecule has 0 atom stereocenters. The van der Waals surface area contributed by atoms with Crippen molar-refractivity contribution in [2.75, 3.05) is 45.3 Å². The van der Waals surface area contributed by atoms with E-state index < -0.39 is 16.4 Å². The van der Waals surface area contributed by atoms with Crippen molar-refractivity contribution < 1.29 is 35.8 Å². The number of piperazine rings is 1. The predicted molar refractivity (Wildman–Crippen MR) is 104 cm³/mol. The molecule has 164 valence electrons. The first-order chi connectivity index (χ1) is 14.1. The van der Waals surface area contributed by atoms with Crippen LogP contribution in [0.5, 0.6) is 17.2 Å². The van der Waals surface area contributed by atoms with E-state index in [9.17, 15) is 21.6 Å². The van der Waals surface area contributed by atoms with E-state index >= 15 is 0 Å². The Hall–Kier alpha value is -2.66. The summed E-state index contributed by atoms with van der Waals surface area (Å²) in [6.07, 6.45) is -4.74. The summed E-state index contributed by atoms with van der Waals surface area (Å²) in [4.78, 5) is 2.00. The highest BCUT2D eigenvalue weighted by Crippen LogP contribution is 2.31. The van der Waals surface area contributed by atoms with E-state index in [2.05, 4.69) is 4.74 Å². The first-order valence-electron chi connectivity index (χ1n) is 8.97. The summed E-state index contributed by atoms with van der Waals surface area (Å²) in [7, 11) is -0.832. The van der Waals surface area contributed by atoms with Gasteiger partial charge in [-0.3, -0.25) is 0 Å². The lowest BCUT2D eigenvalue weighted by Gasteiger charge is -2.35. The van der Waals surface area contributed by atoms with Crippen molar-refractivity contribution in [2.45, 2.75) is 11.3 Å². The van der Waals surface area contributed by atoms with Crippen molar-refractivity contribution in [3.63, 3.8) is 0 Å². The van der Waals surface area contributed by atoms with Crippen LogP contribution in [0.25, 0.3) is 0 Å². The number of hydrogen-bond donors (Lipinski definition) is 0. The summed E-state index contributed by atoms with van der Waals surface area (Å²) in [6, 6.07) is 9.90. The monoisotopic (exact) mass is 446 g/mol. The molecule has 0 aliphatic carbocycles. The molecular weight excluding hydrogens is 425 g/mol. The third kappa shape index (κ3) is 4.90. The zero-order valence-corrected chi connectivity index (χ0v) is 17.2. The van der Waals surface area contributed by atoms with Gasteiger partial charge in [0, 0.05) is 37.9 Å². The lowest BCUT2D eigenvalue weighted by Crippen LogP contribution is -2.48. The van der Waals surface area contributed by atoms with Gasteiger partial charge in [0.25, 0.3) is 0 Å². The second-order valence-electron chi connectivity index (χ2n) is 6.45. The Kier molecular flexibility index (Phi) is 6.32. The van der Waals surface area contributed by atoms with Gasteiger partial charge in [-0.15, -0.1) is 13.2 Å². The molecular formula is C19H21F3N2O5S. The first kappa shape index (κ1) is 22.0. The fourth-order valence-corrected chi connectivity index (χ4v) is 4.61. The van der Waals surface area contributed by atoms with Gasteiger partial charge in [-0.05, 0) is 36.4 Å². The van der Waals surface area contributed by atoms with E-state index in [1.54, 1.807) is 0 Å². The second kappa shape index (κ2) is 8.60. The van der Waals surface area contributed by atoms with Gasteiger partial charge in [0.1, 0.15) is 5.75 Å². The molecule has 11 heteroatoms. The van der Waals surface area contributed by atoms with E-state index in [4.69, 9.17) is 9.47 Å². The van der Waals surface area contributed by atoms with Crippen molar-refractivity contribution in [3.8, 4) is 17.2 Å². The normalized spacial score (nSPS) is 15.7. The van der Waals surface area contributed by atoms with Gasteiger partial charge in [-0.25, -0.2) is 8.42 Å². The maximum Gasteiger partial charge on any atom is 0.573 e. The SMILES string of the molecule is COc1ccc(S(=O)(=O)N2CCN(c3ccc(OC(F)(F)F)cc3)CC2)cc1OC. The van der Waals surface area contributed by atoms with Crippen LogP contribution in [0.4, 0.5) is 18.9 Å². The molecule has 0 saturated carbocycles. The van der Waals surface area contributed by atoms with Crippen LogP contribution < -0.4 is 19.1 Å². The molecule has 0 radical (unpaired) electrons. The quantitative estimate of drug-likeness (QED) is 0.679. The maximum atomic E-state index is 13.0. The van der Waals surface area contributed by atoms with Gasteiger partial charge in [0.05, 0.1) is 19.1 Å². The lowest BCUT2D eigenvalue weighted by atomic mass is 10.2. The van der Waals surface area contributed by atoms with Crippen molar-refractivity contribution in [3.05, 3.63) is 42.5 Å². The summed E-state index contributed by atoms with van der Waals surface area (Å²) in [5.41, 5.74) is 0.688. The van der Waals surface area contributed by atoms with Gasteiger partial charge in [-0.1, -0.05) is 0 Å². The fraction of sp³-hybridized carbons (Fsp3) is 0.368. The Bertz CT molecular complexity index is 973. The Balaban J connectivity index is 1.67. The minimum atomic E-state index is -4.74. The fourth-order valence-electron chi connectivity index (χ4n) is 3.17. The van der Waals surface area contributed by atoms with E-state index in [1.165, 1.54) is 61.0 Å². The molecule has 0 amide bonds. The minimum Gasteiger partial charge on any atom is -0.493 e. The third-order valence-electron chi connectivity index (χ3n) is 4.67. The molecule has 1 aliphatic rings. The summed E-state index contributed by atoms with van der Waals surface area (Å²) in [5.74, 6) is 0.443. The van der Waals surface area contributed by atoms with E-state index in [0.717, 1.165) is 0 Å². The second-order valence-corrected chi connectivity index (χ2v) is 8.39. The van der Waals surface area contributed by atoms with Gasteiger partial charge in [0.2, 0.25) is 10.0 Å². The zero-order valence-electron chi connectivity index (χ0n) is 16.3. The summed E-state index contributed by atoms with van der Waals surface area (Å²) < 4.78 is 78.3. The number of hydrogen-bond acceptors (Lipinski definition) is 6. The molecule has 0 spiro atoms. The maximum absolute atomic E-state index is 13.0. The molecule has 0 aromatic heterocycles. The summed E-state index contributed by atoms with van der Waals surface area (Å²) in [6.45, 7) is 1.26. The summed E-state index contributed by atoms with van der Waals surface area (Å²) >= 11 is 0. The molecule has 0 unspecified atom stereocenters. The number of ether oxygens (including phenoxy) is 3. The molecule has 2 aromatic rings. The lowest BCUT2D eigenvalue weighted by molar-refractivity contribution is -0.274. The highest BCUT2D eigenvalue weighted by molar-refractivity contribution is 7.89. The average molecular weight is 446 g/mol. The van der Waals surface area contributed by atoms with Crippen LogP contribution in [-0.2, 0) is 10.0 Å². The molecule has 0 bridgehead atoms. The van der Waals surface area contributed by atoms with Crippen molar-refractivity contribution in [1.82, 2.24) is 4.31 Å². The Morgan fingerprint density at radius 1 is 0.867 bits per heavy atom. The number of rotatable bonds is 6. The number of alkyl halides is 3. The van der Waals surface area contributed by atoms with Crippen LogP contribution >= 0.6 is 0 Å². The first-order valence-corrected chi connectivity index (χ1v) is 10.4. The number of methoxy groups -OCH3 is 2. The molecule has 0 N–H and O–H groups in total. The molecule has 1 saturated heterocycles. The number of halogens is 3. The van der Waals surface area contributed by atoms with Crippen LogP contribution in [0.2, 0.25) is 0 Å². The summed E-state index contributed by atoms with van der Waals surface area (Å²) in [5, 5.41) is 0. The Morgan fingerprint density at radius 3 is 2.00 bits per heavy atom. The van der Waals surface area contributed by atoms with E-state index in [1.807, 2.05) is 4.90 Å². The molecule has 3 rings (SSSR count). The smallest absolute Gasteiger partial charge is 0.493 e. The third-order valence-corrected chi connectivity index (χ3v) is 6.56. The van der Waals surface area contributed by atoms with Gasteiger partial charge in [-0.2, -0.15) is 4.31 Å². The standard InChI is InChI=1S/C19H21F3N2O5S/c1-27-17-8-7-16(13-18(17)28-2)30(25,26)24-11-9-23(10-12-24)14-3-5-15(6-4-14)29-19(20,21)22/h3-8,13H,9-12H2,1-2H3. The Labute approximate surface area is 172 Å². The van der Waals surface area contributed by atoms with Gasteiger partial charge >= 0.3 is 6.36 Å². The molecule has 30 heavy (non-hydrogen) atoms. The van der Waals surface area contributed by atoms with Crippen molar-refractivity contribution in [2.24, 2.45) is 0 Å². The van der Waals surface area contributed by atoms with Crippen LogP contribution in [0.15, 0.2) is 47.4 Å². The van der Waals surface area contributed by atoms with Crippen LogP contribution in [0.1, 0.15) is 0 Å². The average Bonchev–Trinajstić information content (AvgIpc) is 2.72.